The summed E-state index contributed by atoms with van der Waals surface area (Å²) in [6, 6.07) is 15.3. The van der Waals surface area contributed by atoms with Crippen LogP contribution < -0.4 is 5.73 Å². The summed E-state index contributed by atoms with van der Waals surface area (Å²) in [4.78, 5) is 2.48. The van der Waals surface area contributed by atoms with Crippen molar-refractivity contribution in [2.24, 2.45) is 5.92 Å². The molecule has 0 fully saturated rings. The van der Waals surface area contributed by atoms with Crippen LogP contribution in [0.25, 0.3) is 5.70 Å². The van der Waals surface area contributed by atoms with Crippen LogP contribution in [0.4, 0.5) is 5.69 Å². The number of rotatable bonds is 8. The predicted octanol–water partition coefficient (Wildman–Crippen LogP) is 5.84. The van der Waals surface area contributed by atoms with Gasteiger partial charge in [0.15, 0.2) is 0 Å². The van der Waals surface area contributed by atoms with E-state index in [2.05, 4.69) is 76.4 Å². The molecule has 2 N–H and O–H groups in total. The Balaban J connectivity index is 2.18. The van der Waals surface area contributed by atoms with Crippen molar-refractivity contribution in [3.63, 3.8) is 0 Å². The van der Waals surface area contributed by atoms with Crippen molar-refractivity contribution in [3.05, 3.63) is 71.3 Å². The summed E-state index contributed by atoms with van der Waals surface area (Å²) in [7, 11) is 0. The fraction of sp³-hybridized carbons (Fsp3) is 0.417. The van der Waals surface area contributed by atoms with Crippen molar-refractivity contribution < 1.29 is 0 Å². The van der Waals surface area contributed by atoms with Gasteiger partial charge >= 0.3 is 0 Å². The van der Waals surface area contributed by atoms with E-state index < -0.39 is 0 Å². The number of hydrogen-bond donors (Lipinski definition) is 1. The third-order valence-electron chi connectivity index (χ3n) is 5.22. The summed E-state index contributed by atoms with van der Waals surface area (Å²) in [5.41, 5.74) is 13.1. The minimum atomic E-state index is 0.464. The average molecular weight is 351 g/mol. The molecule has 0 bridgehead atoms. The van der Waals surface area contributed by atoms with Gasteiger partial charge in [-0.25, -0.2) is 0 Å². The van der Waals surface area contributed by atoms with E-state index in [4.69, 9.17) is 5.73 Å². The first-order valence-corrected chi connectivity index (χ1v) is 9.69. The van der Waals surface area contributed by atoms with E-state index in [0.29, 0.717) is 12.0 Å². The number of aryl methyl sites for hydroxylation is 2. The molecule has 1 unspecified atom stereocenters. The van der Waals surface area contributed by atoms with E-state index in [1.807, 2.05) is 12.1 Å². The Morgan fingerprint density at radius 3 is 2.50 bits per heavy atom. The Morgan fingerprint density at radius 1 is 1.12 bits per heavy atom. The van der Waals surface area contributed by atoms with Gasteiger partial charge in [0.25, 0.3) is 0 Å². The van der Waals surface area contributed by atoms with Crippen molar-refractivity contribution in [1.82, 2.24) is 4.90 Å². The second-order valence-electron chi connectivity index (χ2n) is 7.73. The number of hydrogen-bond acceptors (Lipinski definition) is 2. The van der Waals surface area contributed by atoms with Crippen LogP contribution in [0, 0.1) is 19.8 Å². The van der Waals surface area contributed by atoms with E-state index in [1.165, 1.54) is 22.3 Å². The van der Waals surface area contributed by atoms with Crippen LogP contribution in [0.5, 0.6) is 0 Å². The van der Waals surface area contributed by atoms with Gasteiger partial charge in [-0.2, -0.15) is 0 Å². The molecule has 0 spiro atoms. The first kappa shape index (κ1) is 20.1. The molecular weight excluding hydrogens is 316 g/mol. The molecular formula is C24H34N2. The average Bonchev–Trinajstić information content (AvgIpc) is 2.60. The first-order valence-electron chi connectivity index (χ1n) is 9.69. The summed E-state index contributed by atoms with van der Waals surface area (Å²) in [6.07, 6.45) is 2.13. The fourth-order valence-corrected chi connectivity index (χ4v) is 3.50. The third kappa shape index (κ3) is 5.14. The molecule has 2 aromatic rings. The molecule has 0 aliphatic carbocycles. The quantitative estimate of drug-likeness (QED) is 0.606. The van der Waals surface area contributed by atoms with Crippen LogP contribution in [-0.2, 0) is 6.42 Å². The highest BCUT2D eigenvalue weighted by molar-refractivity contribution is 5.65. The van der Waals surface area contributed by atoms with Crippen LogP contribution >= 0.6 is 0 Å². The van der Waals surface area contributed by atoms with Crippen molar-refractivity contribution in [1.29, 1.82) is 0 Å². The van der Waals surface area contributed by atoms with Crippen LogP contribution in [0.2, 0.25) is 0 Å². The predicted molar refractivity (Wildman–Crippen MR) is 115 cm³/mol. The van der Waals surface area contributed by atoms with Crippen LogP contribution in [0.1, 0.15) is 49.4 Å². The molecule has 0 aliphatic heterocycles. The molecule has 0 amide bonds. The Hall–Kier alpha value is -2.22. The molecule has 2 atom stereocenters. The van der Waals surface area contributed by atoms with Crippen molar-refractivity contribution in [2.75, 3.05) is 12.3 Å². The van der Waals surface area contributed by atoms with E-state index in [0.717, 1.165) is 30.8 Å². The van der Waals surface area contributed by atoms with Gasteiger partial charge in [-0.1, -0.05) is 50.3 Å². The molecule has 0 saturated carbocycles. The third-order valence-corrected chi connectivity index (χ3v) is 5.22. The lowest BCUT2D eigenvalue weighted by Crippen LogP contribution is -2.35. The molecule has 2 rings (SSSR count). The van der Waals surface area contributed by atoms with E-state index in [1.54, 1.807) is 0 Å². The van der Waals surface area contributed by atoms with Gasteiger partial charge < -0.3 is 10.6 Å². The van der Waals surface area contributed by atoms with Gasteiger partial charge in [0, 0.05) is 29.5 Å². The maximum Gasteiger partial charge on any atom is 0.0372 e. The summed E-state index contributed by atoms with van der Waals surface area (Å²) < 4.78 is 0. The van der Waals surface area contributed by atoms with Gasteiger partial charge in [0.2, 0.25) is 0 Å². The van der Waals surface area contributed by atoms with Crippen molar-refractivity contribution >= 4 is 11.4 Å². The second-order valence-corrected chi connectivity index (χ2v) is 7.73. The number of anilines is 1. The standard InChI is InChI=1S/C24H34N2/c1-7-20(5)26(21(6)24-14-17(2)11-12-19(24)4)16-18(3)13-22-9-8-10-23(25)15-22/h8-12,14-15,18,20H,6-7,13,16,25H2,1-5H3/t18-,20?/m0/s1. The number of nitrogens with two attached hydrogens (primary N) is 1. The van der Waals surface area contributed by atoms with E-state index in [-0.39, 0.29) is 0 Å². The van der Waals surface area contributed by atoms with Crippen LogP contribution in [0.15, 0.2) is 49.0 Å². The molecule has 0 heterocycles. The molecule has 0 aromatic heterocycles. The van der Waals surface area contributed by atoms with Gasteiger partial charge in [-0.3, -0.25) is 0 Å². The summed E-state index contributed by atoms with van der Waals surface area (Å²) >= 11 is 0. The van der Waals surface area contributed by atoms with E-state index in [9.17, 15) is 0 Å². The number of nitrogens with zero attached hydrogens (tertiary/aromatic N) is 1. The smallest absolute Gasteiger partial charge is 0.0372 e. The topological polar surface area (TPSA) is 29.3 Å². The highest BCUT2D eigenvalue weighted by Gasteiger charge is 2.19. The summed E-state index contributed by atoms with van der Waals surface area (Å²) in [6.45, 7) is 16.6. The largest absolute Gasteiger partial charge is 0.399 e. The monoisotopic (exact) mass is 350 g/mol. The molecule has 0 saturated heterocycles. The highest BCUT2D eigenvalue weighted by Crippen LogP contribution is 2.27. The molecule has 140 valence electrons. The molecule has 2 aromatic carbocycles. The van der Waals surface area contributed by atoms with Gasteiger partial charge in [-0.15, -0.1) is 0 Å². The number of nitrogen functional groups attached to an aromatic ring is 1. The zero-order valence-electron chi connectivity index (χ0n) is 17.0. The van der Waals surface area contributed by atoms with Crippen LogP contribution in [0.3, 0.4) is 0 Å². The Morgan fingerprint density at radius 2 is 1.85 bits per heavy atom. The normalized spacial score (nSPS) is 13.3. The number of benzene rings is 2. The Labute approximate surface area is 159 Å². The Kier molecular flexibility index (Phi) is 6.90. The maximum atomic E-state index is 5.94. The first-order chi connectivity index (χ1) is 12.3. The lowest BCUT2D eigenvalue weighted by atomic mass is 9.97. The van der Waals surface area contributed by atoms with Gasteiger partial charge in [0.05, 0.1) is 0 Å². The zero-order valence-corrected chi connectivity index (χ0v) is 17.0. The fourth-order valence-electron chi connectivity index (χ4n) is 3.50. The minimum absolute atomic E-state index is 0.464. The van der Waals surface area contributed by atoms with Crippen molar-refractivity contribution in [3.8, 4) is 0 Å². The molecule has 0 radical (unpaired) electrons. The Bertz CT molecular complexity index is 748. The molecule has 2 nitrogen and oxygen atoms in total. The van der Waals surface area contributed by atoms with Gasteiger partial charge in [-0.05, 0) is 68.9 Å². The summed E-state index contributed by atoms with van der Waals surface area (Å²) in [5, 5.41) is 0. The minimum Gasteiger partial charge on any atom is -0.399 e. The molecule has 0 aliphatic rings. The maximum absolute atomic E-state index is 5.94. The van der Waals surface area contributed by atoms with E-state index >= 15 is 0 Å². The lowest BCUT2D eigenvalue weighted by molar-refractivity contribution is 0.265. The van der Waals surface area contributed by atoms with Crippen LogP contribution in [-0.4, -0.2) is 17.5 Å². The lowest BCUT2D eigenvalue weighted by Gasteiger charge is -2.35. The molecule has 2 heteroatoms. The van der Waals surface area contributed by atoms with Gasteiger partial charge in [0.1, 0.15) is 0 Å². The summed E-state index contributed by atoms with van der Waals surface area (Å²) in [5.74, 6) is 0.521. The van der Waals surface area contributed by atoms with Crippen molar-refractivity contribution in [2.45, 2.75) is 53.5 Å². The zero-order chi connectivity index (χ0) is 19.3. The molecule has 26 heavy (non-hydrogen) atoms. The highest BCUT2D eigenvalue weighted by atomic mass is 15.2. The SMILES string of the molecule is C=C(c1cc(C)ccc1C)N(C[C@@H](C)Cc1cccc(N)c1)C(C)CC. The second kappa shape index (κ2) is 8.93.